The van der Waals surface area contributed by atoms with Crippen LogP contribution in [-0.2, 0) is 4.79 Å². The van der Waals surface area contributed by atoms with E-state index in [1.165, 1.54) is 15.7 Å². The molecule has 1 N–H and O–H groups in total. The molecule has 152 valence electrons. The van der Waals surface area contributed by atoms with E-state index < -0.39 is 0 Å². The second-order valence-electron chi connectivity index (χ2n) is 8.41. The number of rotatable bonds is 4. The highest BCUT2D eigenvalue weighted by molar-refractivity contribution is 7.13. The number of piperazine rings is 1. The number of anilines is 1. The van der Waals surface area contributed by atoms with Gasteiger partial charge in [0.15, 0.2) is 5.78 Å². The molecule has 1 aliphatic carbocycles. The molecule has 2 unspecified atom stereocenters. The minimum atomic E-state index is 0.167. The number of dihydropyridines is 1. The number of Topliss-reactive ketones (excluding diaryl/α,β-unsaturated/α-hetero) is 1. The molecule has 3 heterocycles. The first-order valence-electron chi connectivity index (χ1n) is 10.7. The Morgan fingerprint density at radius 2 is 2.03 bits per heavy atom. The number of aromatic nitrogens is 1. The Labute approximate surface area is 176 Å². The summed E-state index contributed by atoms with van der Waals surface area (Å²) in [4.78, 5) is 17.8. The fraction of sp³-hybridized carbons (Fsp3) is 0.478. The lowest BCUT2D eigenvalue weighted by Gasteiger charge is -2.36. The third-order valence-corrected chi connectivity index (χ3v) is 7.30. The zero-order valence-electron chi connectivity index (χ0n) is 16.9. The second-order valence-corrected chi connectivity index (χ2v) is 9.22. The summed E-state index contributed by atoms with van der Waals surface area (Å²) in [5, 5.41) is 4.66. The molecule has 0 bridgehead atoms. The molecule has 1 fully saturated rings. The minimum absolute atomic E-state index is 0.167. The summed E-state index contributed by atoms with van der Waals surface area (Å²) in [7, 11) is 0. The third-order valence-electron chi connectivity index (χ3n) is 6.48. The molecule has 6 heteroatoms. The highest BCUT2D eigenvalue weighted by atomic mass is 32.1. The number of ketones is 1. The van der Waals surface area contributed by atoms with Crippen molar-refractivity contribution in [1.29, 1.82) is 0 Å². The monoisotopic (exact) mass is 408 g/mol. The van der Waals surface area contributed by atoms with E-state index in [1.807, 2.05) is 0 Å². The lowest BCUT2D eigenvalue weighted by molar-refractivity contribution is -0.120. The van der Waals surface area contributed by atoms with Gasteiger partial charge in [0, 0.05) is 43.5 Å². The Bertz CT molecular complexity index is 970. The van der Waals surface area contributed by atoms with Crippen molar-refractivity contribution < 1.29 is 4.79 Å². The average molecular weight is 409 g/mol. The van der Waals surface area contributed by atoms with Crippen LogP contribution in [0.1, 0.15) is 26.2 Å². The summed E-state index contributed by atoms with van der Waals surface area (Å²) in [6.07, 6.45) is 7.27. The summed E-state index contributed by atoms with van der Waals surface area (Å²) < 4.78 is 5.96. The van der Waals surface area contributed by atoms with Crippen molar-refractivity contribution >= 4 is 33.2 Å². The molecule has 0 spiro atoms. The average Bonchev–Trinajstić information content (AvgIpc) is 3.18. The van der Waals surface area contributed by atoms with Crippen molar-refractivity contribution in [2.45, 2.75) is 32.2 Å². The van der Waals surface area contributed by atoms with Crippen molar-refractivity contribution in [2.75, 3.05) is 37.6 Å². The molecule has 1 saturated heterocycles. The Morgan fingerprint density at radius 3 is 2.90 bits per heavy atom. The van der Waals surface area contributed by atoms with Crippen LogP contribution in [0.15, 0.2) is 47.7 Å². The number of nitrogens with zero attached hydrogens (tertiary/aromatic N) is 3. The van der Waals surface area contributed by atoms with Crippen LogP contribution in [0, 0.1) is 5.92 Å². The summed E-state index contributed by atoms with van der Waals surface area (Å²) in [5.74, 6) is 1.63. The first kappa shape index (κ1) is 18.8. The topological polar surface area (TPSA) is 48.5 Å². The predicted molar refractivity (Wildman–Crippen MR) is 119 cm³/mol. The molecule has 2 aliphatic heterocycles. The van der Waals surface area contributed by atoms with Gasteiger partial charge in [0.25, 0.3) is 0 Å². The number of hydrogen-bond donors (Lipinski definition) is 1. The standard InChI is InChI=1S/C23H28N4OS/c1-16-6-7-17-8-9-18(22(28)21(17)24-16)10-11-26-12-14-27(15-13-26)23-19-4-2-3-5-20(19)29-25-23/h2-7,16,18,24H,8-15H2,1H3. The van der Waals surface area contributed by atoms with Crippen LogP contribution in [0.2, 0.25) is 0 Å². The van der Waals surface area contributed by atoms with Crippen LogP contribution in [0.25, 0.3) is 10.1 Å². The molecule has 5 rings (SSSR count). The van der Waals surface area contributed by atoms with Gasteiger partial charge in [0.05, 0.1) is 10.4 Å². The molecular formula is C23H28N4OS. The normalized spacial score (nSPS) is 25.4. The fourth-order valence-electron chi connectivity index (χ4n) is 4.71. The van der Waals surface area contributed by atoms with Crippen molar-refractivity contribution in [3.8, 4) is 0 Å². The van der Waals surface area contributed by atoms with E-state index in [0.717, 1.165) is 63.5 Å². The Morgan fingerprint density at radius 1 is 1.21 bits per heavy atom. The lowest BCUT2D eigenvalue weighted by atomic mass is 9.82. The molecule has 1 aromatic heterocycles. The zero-order valence-corrected chi connectivity index (χ0v) is 17.8. The van der Waals surface area contributed by atoms with Crippen molar-refractivity contribution in [1.82, 2.24) is 14.6 Å². The summed E-state index contributed by atoms with van der Waals surface area (Å²) >= 11 is 1.59. The van der Waals surface area contributed by atoms with Crippen LogP contribution < -0.4 is 10.2 Å². The molecule has 5 nitrogen and oxygen atoms in total. The molecule has 0 saturated carbocycles. The summed E-state index contributed by atoms with van der Waals surface area (Å²) in [6.45, 7) is 7.20. The highest BCUT2D eigenvalue weighted by Crippen LogP contribution is 2.32. The van der Waals surface area contributed by atoms with Gasteiger partial charge in [-0.3, -0.25) is 9.69 Å². The number of allylic oxidation sites excluding steroid dienone is 3. The van der Waals surface area contributed by atoms with Crippen LogP contribution in [0.4, 0.5) is 5.82 Å². The van der Waals surface area contributed by atoms with Crippen LogP contribution in [-0.4, -0.2) is 53.8 Å². The SMILES string of the molecule is CC1C=CC2=C(N1)C(=O)C(CCN1CCN(c3nsc4ccccc34)CC1)CC2. The van der Waals surface area contributed by atoms with E-state index in [4.69, 9.17) is 4.37 Å². The third kappa shape index (κ3) is 3.71. The molecule has 3 aliphatic rings. The van der Waals surface area contributed by atoms with Crippen LogP contribution in [0.3, 0.4) is 0 Å². The van der Waals surface area contributed by atoms with Gasteiger partial charge >= 0.3 is 0 Å². The van der Waals surface area contributed by atoms with E-state index in [2.05, 4.69) is 58.5 Å². The number of carbonyl (C=O) groups is 1. The zero-order chi connectivity index (χ0) is 19.8. The number of nitrogens with one attached hydrogen (secondary N) is 1. The quantitative estimate of drug-likeness (QED) is 0.838. The summed E-state index contributed by atoms with van der Waals surface area (Å²) in [6, 6.07) is 8.75. The van der Waals surface area contributed by atoms with Crippen LogP contribution in [0.5, 0.6) is 0 Å². The molecule has 2 atom stereocenters. The number of carbonyl (C=O) groups excluding carboxylic acids is 1. The van der Waals surface area contributed by atoms with E-state index in [1.54, 1.807) is 11.5 Å². The molecule has 0 radical (unpaired) electrons. The van der Waals surface area contributed by atoms with Crippen molar-refractivity contribution in [3.05, 3.63) is 47.7 Å². The van der Waals surface area contributed by atoms with Crippen molar-refractivity contribution in [3.63, 3.8) is 0 Å². The highest BCUT2D eigenvalue weighted by Gasteiger charge is 2.31. The van der Waals surface area contributed by atoms with Gasteiger partial charge in [-0.15, -0.1) is 0 Å². The largest absolute Gasteiger partial charge is 0.376 e. The fourth-order valence-corrected chi connectivity index (χ4v) is 5.51. The molecule has 0 amide bonds. The number of benzene rings is 1. The minimum Gasteiger partial charge on any atom is -0.376 e. The smallest absolute Gasteiger partial charge is 0.182 e. The Kier molecular flexibility index (Phi) is 5.14. The first-order chi connectivity index (χ1) is 14.2. The summed E-state index contributed by atoms with van der Waals surface area (Å²) in [5.41, 5.74) is 2.09. The van der Waals surface area contributed by atoms with E-state index in [0.29, 0.717) is 5.78 Å². The maximum Gasteiger partial charge on any atom is 0.182 e. The van der Waals surface area contributed by atoms with Gasteiger partial charge in [-0.2, -0.15) is 4.37 Å². The lowest BCUT2D eigenvalue weighted by Crippen LogP contribution is -2.47. The maximum atomic E-state index is 12.9. The van der Waals surface area contributed by atoms with E-state index in [9.17, 15) is 4.79 Å². The van der Waals surface area contributed by atoms with Gasteiger partial charge < -0.3 is 10.2 Å². The van der Waals surface area contributed by atoms with Gasteiger partial charge in [-0.25, -0.2) is 0 Å². The van der Waals surface area contributed by atoms with Gasteiger partial charge in [0.2, 0.25) is 0 Å². The Hall–Kier alpha value is -2.18. The van der Waals surface area contributed by atoms with E-state index in [-0.39, 0.29) is 12.0 Å². The maximum absolute atomic E-state index is 12.9. The van der Waals surface area contributed by atoms with E-state index >= 15 is 0 Å². The van der Waals surface area contributed by atoms with Crippen molar-refractivity contribution in [2.24, 2.45) is 5.92 Å². The van der Waals surface area contributed by atoms with Gasteiger partial charge in [-0.05, 0) is 62.0 Å². The van der Waals surface area contributed by atoms with Crippen LogP contribution >= 0.6 is 11.5 Å². The first-order valence-corrected chi connectivity index (χ1v) is 11.5. The number of hydrogen-bond acceptors (Lipinski definition) is 6. The number of fused-ring (bicyclic) bond motifs is 1. The molecule has 1 aromatic carbocycles. The molecular weight excluding hydrogens is 380 g/mol. The van der Waals surface area contributed by atoms with Gasteiger partial charge in [0.1, 0.15) is 5.82 Å². The molecule has 2 aromatic rings. The Balaban J connectivity index is 1.15. The second kappa shape index (κ2) is 7.92. The predicted octanol–water partition coefficient (Wildman–Crippen LogP) is 3.59. The van der Waals surface area contributed by atoms with Gasteiger partial charge in [-0.1, -0.05) is 24.3 Å². The molecule has 29 heavy (non-hydrogen) atoms.